The van der Waals surface area contributed by atoms with Crippen LogP contribution in [0.4, 0.5) is 5.69 Å². The molecule has 4 nitrogen and oxygen atoms in total. The lowest BCUT2D eigenvalue weighted by Crippen LogP contribution is -1.87. The molecule has 0 amide bonds. The highest BCUT2D eigenvalue weighted by Gasteiger charge is 2.02. The summed E-state index contributed by atoms with van der Waals surface area (Å²) in [7, 11) is 0. The zero-order chi connectivity index (χ0) is 14.3. The predicted molar refractivity (Wildman–Crippen MR) is 74.9 cm³/mol. The first-order valence-electron chi connectivity index (χ1n) is 5.13. The lowest BCUT2D eigenvalue weighted by molar-refractivity contribution is -0.384. The number of non-ortho nitro benzene ring substituents is 1. The van der Waals surface area contributed by atoms with Gasteiger partial charge in [0.25, 0.3) is 5.69 Å². The molecule has 98 valence electrons. The molecule has 0 aliphatic heterocycles. The normalized spacial score (nSPS) is 9.16. The topological polar surface area (TPSA) is 60.2 Å². The Morgan fingerprint density at radius 3 is 1.84 bits per heavy atom. The van der Waals surface area contributed by atoms with Crippen molar-refractivity contribution in [2.75, 3.05) is 0 Å². The van der Waals surface area contributed by atoms with Gasteiger partial charge in [-0.25, -0.2) is 0 Å². The maximum Gasteiger partial charge on any atom is 0.269 e. The Hall–Kier alpha value is -1.91. The maximum atomic E-state index is 10.1. The second-order valence-electron chi connectivity index (χ2n) is 3.41. The number of nitro benzene ring substituents is 1. The van der Waals surface area contributed by atoms with Crippen LogP contribution in [0.2, 0.25) is 10.0 Å². The van der Waals surface area contributed by atoms with E-state index < -0.39 is 4.92 Å². The van der Waals surface area contributed by atoms with Gasteiger partial charge in [0.2, 0.25) is 0 Å². The number of carbonyl (C=O) groups is 1. The van der Waals surface area contributed by atoms with Gasteiger partial charge in [-0.3, -0.25) is 14.9 Å². The molecule has 19 heavy (non-hydrogen) atoms. The maximum absolute atomic E-state index is 10.1. The summed E-state index contributed by atoms with van der Waals surface area (Å²) >= 11 is 11.1. The van der Waals surface area contributed by atoms with E-state index in [1.54, 1.807) is 18.2 Å². The molecule has 0 aliphatic carbocycles. The molecule has 0 saturated heterocycles. The molecule has 0 heterocycles. The fourth-order valence-corrected chi connectivity index (χ4v) is 1.57. The average molecular weight is 298 g/mol. The summed E-state index contributed by atoms with van der Waals surface area (Å²) in [6, 6.07) is 12.5. The minimum absolute atomic E-state index is 0.00407. The molecule has 0 N–H and O–H groups in total. The fourth-order valence-electron chi connectivity index (χ4n) is 1.13. The van der Waals surface area contributed by atoms with Gasteiger partial charge in [0.05, 0.1) is 4.92 Å². The summed E-state index contributed by atoms with van der Waals surface area (Å²) in [5, 5.41) is 11.5. The van der Waals surface area contributed by atoms with Crippen molar-refractivity contribution in [1.29, 1.82) is 0 Å². The minimum atomic E-state index is -0.505. The van der Waals surface area contributed by atoms with Gasteiger partial charge in [-0.2, -0.15) is 0 Å². The van der Waals surface area contributed by atoms with E-state index in [1.165, 1.54) is 24.3 Å². The fraction of sp³-hybridized carbons (Fsp3) is 0. The van der Waals surface area contributed by atoms with E-state index in [1.807, 2.05) is 6.07 Å². The second-order valence-corrected chi connectivity index (χ2v) is 4.28. The second kappa shape index (κ2) is 7.51. The van der Waals surface area contributed by atoms with Gasteiger partial charge >= 0.3 is 0 Å². The number of aldehydes is 1. The number of hydrogen-bond acceptors (Lipinski definition) is 3. The Morgan fingerprint density at radius 1 is 1.00 bits per heavy atom. The van der Waals surface area contributed by atoms with E-state index in [2.05, 4.69) is 0 Å². The third kappa shape index (κ3) is 5.50. The van der Waals surface area contributed by atoms with E-state index in [0.717, 1.165) is 0 Å². The molecule has 0 fully saturated rings. The lowest BCUT2D eigenvalue weighted by atomic mass is 10.2. The molecule has 0 bridgehead atoms. The smallest absolute Gasteiger partial charge is 0.269 e. The van der Waals surface area contributed by atoms with Crippen molar-refractivity contribution in [3.05, 3.63) is 74.3 Å². The number of benzene rings is 2. The van der Waals surface area contributed by atoms with Crippen LogP contribution in [0.3, 0.4) is 0 Å². The number of rotatable bonds is 2. The highest BCUT2D eigenvalue weighted by atomic mass is 35.5. The summed E-state index contributed by atoms with van der Waals surface area (Å²) in [5.41, 5.74) is 0.436. The monoisotopic (exact) mass is 297 g/mol. The highest BCUT2D eigenvalue weighted by molar-refractivity contribution is 6.34. The molecule has 6 heteroatoms. The third-order valence-electron chi connectivity index (χ3n) is 2.03. The van der Waals surface area contributed by atoms with Crippen LogP contribution in [0.5, 0.6) is 0 Å². The van der Waals surface area contributed by atoms with E-state index in [0.29, 0.717) is 21.9 Å². The largest absolute Gasteiger partial charge is 0.298 e. The van der Waals surface area contributed by atoms with Crippen molar-refractivity contribution in [3.8, 4) is 0 Å². The van der Waals surface area contributed by atoms with Crippen molar-refractivity contribution in [2.45, 2.75) is 0 Å². The first-order chi connectivity index (χ1) is 9.02. The molecule has 2 aromatic rings. The van der Waals surface area contributed by atoms with Crippen molar-refractivity contribution < 1.29 is 9.72 Å². The van der Waals surface area contributed by atoms with Gasteiger partial charge in [-0.15, -0.1) is 0 Å². The number of halogens is 2. The van der Waals surface area contributed by atoms with Gasteiger partial charge in [0, 0.05) is 27.7 Å². The summed E-state index contributed by atoms with van der Waals surface area (Å²) in [6.45, 7) is 0. The quantitative estimate of drug-likeness (QED) is 0.469. The average Bonchev–Trinajstić information content (AvgIpc) is 2.39. The van der Waals surface area contributed by atoms with Crippen LogP contribution in [-0.4, -0.2) is 11.2 Å². The number of carbonyl (C=O) groups excluding carboxylic acids is 1. The van der Waals surface area contributed by atoms with Crippen molar-refractivity contribution in [2.24, 2.45) is 0 Å². The highest BCUT2D eigenvalue weighted by Crippen LogP contribution is 2.14. The third-order valence-corrected chi connectivity index (χ3v) is 2.50. The van der Waals surface area contributed by atoms with Crippen molar-refractivity contribution in [3.63, 3.8) is 0 Å². The summed E-state index contributed by atoms with van der Waals surface area (Å²) in [5.74, 6) is 0. The van der Waals surface area contributed by atoms with E-state index in [-0.39, 0.29) is 5.69 Å². The molecule has 2 rings (SSSR count). The van der Waals surface area contributed by atoms with Gasteiger partial charge in [-0.1, -0.05) is 29.3 Å². The Labute approximate surface area is 119 Å². The molecule has 0 aromatic heterocycles. The SMILES string of the molecule is Clc1cccc(Cl)c1.O=Cc1ccc([N+](=O)[O-])cc1. The molecule has 0 saturated carbocycles. The Bertz CT molecular complexity index is 553. The molecule has 0 spiro atoms. The zero-order valence-corrected chi connectivity index (χ0v) is 11.1. The Kier molecular flexibility index (Phi) is 5.99. The van der Waals surface area contributed by atoms with Crippen molar-refractivity contribution in [1.82, 2.24) is 0 Å². The standard InChI is InChI=1S/C7H5NO3.C6H4Cl2/c9-5-6-1-3-7(4-2-6)8(10)11;7-5-2-1-3-6(8)4-5/h1-5H;1-4H. The van der Waals surface area contributed by atoms with E-state index in [9.17, 15) is 14.9 Å². The molecule has 0 aliphatic rings. The molecule has 0 atom stereocenters. The van der Waals surface area contributed by atoms with E-state index in [4.69, 9.17) is 23.2 Å². The van der Waals surface area contributed by atoms with Crippen LogP contribution in [0.1, 0.15) is 10.4 Å². The first-order valence-corrected chi connectivity index (χ1v) is 5.89. The predicted octanol–water partition coefficient (Wildman–Crippen LogP) is 4.40. The van der Waals surface area contributed by atoms with Gasteiger partial charge in [0.1, 0.15) is 6.29 Å². The first kappa shape index (κ1) is 15.1. The van der Waals surface area contributed by atoms with Crippen LogP contribution in [-0.2, 0) is 0 Å². The van der Waals surface area contributed by atoms with Gasteiger partial charge < -0.3 is 0 Å². The minimum Gasteiger partial charge on any atom is -0.298 e. The Balaban J connectivity index is 0.000000200. The lowest BCUT2D eigenvalue weighted by Gasteiger charge is -1.89. The number of hydrogen-bond donors (Lipinski definition) is 0. The van der Waals surface area contributed by atoms with Crippen LogP contribution in [0.15, 0.2) is 48.5 Å². The summed E-state index contributed by atoms with van der Waals surface area (Å²) < 4.78 is 0. The van der Waals surface area contributed by atoms with Crippen molar-refractivity contribution >= 4 is 35.2 Å². The Morgan fingerprint density at radius 2 is 1.53 bits per heavy atom. The van der Waals surface area contributed by atoms with Crippen LogP contribution in [0, 0.1) is 10.1 Å². The van der Waals surface area contributed by atoms with Crippen LogP contribution in [0.25, 0.3) is 0 Å². The van der Waals surface area contributed by atoms with Gasteiger partial charge in [0.15, 0.2) is 0 Å². The molecular formula is C13H9Cl2NO3. The molecular weight excluding hydrogens is 289 g/mol. The molecule has 0 radical (unpaired) electrons. The summed E-state index contributed by atoms with van der Waals surface area (Å²) in [6.07, 6.45) is 0.643. The summed E-state index contributed by atoms with van der Waals surface area (Å²) in [4.78, 5) is 19.7. The number of nitrogens with zero attached hydrogens (tertiary/aromatic N) is 1. The zero-order valence-electron chi connectivity index (χ0n) is 9.62. The van der Waals surface area contributed by atoms with Gasteiger partial charge in [-0.05, 0) is 30.3 Å². The molecule has 0 unspecified atom stereocenters. The molecule has 2 aromatic carbocycles. The number of nitro groups is 1. The van der Waals surface area contributed by atoms with E-state index >= 15 is 0 Å². The van der Waals surface area contributed by atoms with Crippen LogP contribution < -0.4 is 0 Å². The van der Waals surface area contributed by atoms with Crippen LogP contribution >= 0.6 is 23.2 Å².